The van der Waals surface area contributed by atoms with E-state index >= 15 is 0 Å². The molecule has 0 aliphatic heterocycles. The summed E-state index contributed by atoms with van der Waals surface area (Å²) < 4.78 is 5.56. The van der Waals surface area contributed by atoms with E-state index in [0.29, 0.717) is 5.13 Å². The lowest BCUT2D eigenvalue weighted by Crippen LogP contribution is -2.20. The van der Waals surface area contributed by atoms with Crippen LogP contribution in [0.3, 0.4) is 0 Å². The molecule has 1 aliphatic carbocycles. The average molecular weight is 303 g/mol. The van der Waals surface area contributed by atoms with Crippen LogP contribution >= 0.6 is 11.3 Å². The van der Waals surface area contributed by atoms with Gasteiger partial charge in [0.1, 0.15) is 10.8 Å². The molecule has 0 unspecified atom stereocenters. The molecule has 0 bridgehead atoms. The van der Waals surface area contributed by atoms with E-state index in [-0.39, 0.29) is 12.5 Å². The number of rotatable bonds is 4. The Hall–Kier alpha value is -1.95. The average Bonchev–Trinajstić information content (AvgIpc) is 2.90. The van der Waals surface area contributed by atoms with Crippen molar-refractivity contribution in [2.75, 3.05) is 11.9 Å². The lowest BCUT2D eigenvalue weighted by molar-refractivity contribution is -0.118. The normalized spacial score (nSPS) is 13.6. The lowest BCUT2D eigenvalue weighted by Gasteiger charge is -2.16. The van der Waals surface area contributed by atoms with Crippen molar-refractivity contribution in [3.63, 3.8) is 0 Å². The number of anilines is 1. The fourth-order valence-corrected chi connectivity index (χ4v) is 3.06. The Bertz CT molecular complexity index is 654. The van der Waals surface area contributed by atoms with Gasteiger partial charge in [-0.3, -0.25) is 10.1 Å². The van der Waals surface area contributed by atoms with Crippen LogP contribution in [0, 0.1) is 6.92 Å². The van der Waals surface area contributed by atoms with E-state index in [9.17, 15) is 4.79 Å². The Labute approximate surface area is 127 Å². The van der Waals surface area contributed by atoms with Crippen LogP contribution in [0.2, 0.25) is 0 Å². The smallest absolute Gasteiger partial charge is 0.264 e. The molecule has 1 amide bonds. The van der Waals surface area contributed by atoms with Crippen molar-refractivity contribution in [2.45, 2.75) is 32.6 Å². The van der Waals surface area contributed by atoms with E-state index < -0.39 is 0 Å². The van der Waals surface area contributed by atoms with E-state index in [0.717, 1.165) is 23.6 Å². The van der Waals surface area contributed by atoms with Crippen molar-refractivity contribution in [2.24, 2.45) is 0 Å². The van der Waals surface area contributed by atoms with E-state index in [1.54, 1.807) is 0 Å². The standard InChI is InChI=1S/C15H17N3O2S/c1-10-17-18-15(21-10)16-14(19)9-20-13-7-6-11-4-2-3-5-12(11)8-13/h6-8H,2-5,9H2,1H3,(H,16,18,19). The highest BCUT2D eigenvalue weighted by atomic mass is 32.1. The molecule has 0 fully saturated rings. The molecule has 6 heteroatoms. The minimum atomic E-state index is -0.219. The minimum absolute atomic E-state index is 0.0165. The number of ether oxygens (including phenoxy) is 1. The van der Waals surface area contributed by atoms with Gasteiger partial charge in [0.2, 0.25) is 5.13 Å². The Morgan fingerprint density at radius 1 is 1.29 bits per heavy atom. The Balaban J connectivity index is 1.56. The first kappa shape index (κ1) is 14.0. The third-order valence-electron chi connectivity index (χ3n) is 3.46. The number of nitrogens with one attached hydrogen (secondary N) is 1. The fourth-order valence-electron chi connectivity index (χ4n) is 2.45. The molecule has 0 saturated carbocycles. The number of hydrogen-bond donors (Lipinski definition) is 1. The molecular weight excluding hydrogens is 286 g/mol. The maximum Gasteiger partial charge on any atom is 0.264 e. The molecule has 5 nitrogen and oxygen atoms in total. The number of benzene rings is 1. The van der Waals surface area contributed by atoms with Crippen LogP contribution in [-0.4, -0.2) is 22.7 Å². The van der Waals surface area contributed by atoms with Crippen molar-refractivity contribution >= 4 is 22.4 Å². The van der Waals surface area contributed by atoms with Gasteiger partial charge in [0.15, 0.2) is 6.61 Å². The van der Waals surface area contributed by atoms with Crippen LogP contribution in [0.4, 0.5) is 5.13 Å². The minimum Gasteiger partial charge on any atom is -0.484 e. The number of amides is 1. The van der Waals surface area contributed by atoms with E-state index in [1.165, 1.54) is 35.3 Å². The van der Waals surface area contributed by atoms with Crippen LogP contribution in [-0.2, 0) is 17.6 Å². The van der Waals surface area contributed by atoms with Crippen molar-refractivity contribution in [1.29, 1.82) is 0 Å². The molecule has 0 spiro atoms. The highest BCUT2D eigenvalue weighted by Crippen LogP contribution is 2.25. The second-order valence-corrected chi connectivity index (χ2v) is 6.28. The second-order valence-electron chi connectivity index (χ2n) is 5.10. The molecule has 0 saturated heterocycles. The Morgan fingerprint density at radius 2 is 2.10 bits per heavy atom. The van der Waals surface area contributed by atoms with Crippen LogP contribution in [0.15, 0.2) is 18.2 Å². The van der Waals surface area contributed by atoms with E-state index in [1.807, 2.05) is 13.0 Å². The number of aromatic nitrogens is 2. The molecule has 3 rings (SSSR count). The van der Waals surface area contributed by atoms with Crippen LogP contribution in [0.5, 0.6) is 5.75 Å². The quantitative estimate of drug-likeness (QED) is 0.943. The third kappa shape index (κ3) is 3.58. The van der Waals surface area contributed by atoms with Crippen molar-refractivity contribution in [1.82, 2.24) is 10.2 Å². The maximum absolute atomic E-state index is 11.8. The summed E-state index contributed by atoms with van der Waals surface area (Å²) in [5.74, 6) is 0.531. The predicted octanol–water partition coefficient (Wildman–Crippen LogP) is 2.74. The summed E-state index contributed by atoms with van der Waals surface area (Å²) in [5, 5.41) is 11.7. The van der Waals surface area contributed by atoms with Gasteiger partial charge in [-0.1, -0.05) is 17.4 Å². The predicted molar refractivity (Wildman–Crippen MR) is 81.9 cm³/mol. The molecule has 1 aromatic carbocycles. The lowest BCUT2D eigenvalue weighted by atomic mass is 9.92. The summed E-state index contributed by atoms with van der Waals surface area (Å²) in [6.07, 6.45) is 4.74. The Morgan fingerprint density at radius 3 is 2.86 bits per heavy atom. The summed E-state index contributed by atoms with van der Waals surface area (Å²) in [4.78, 5) is 11.8. The highest BCUT2D eigenvalue weighted by Gasteiger charge is 2.11. The van der Waals surface area contributed by atoms with Gasteiger partial charge < -0.3 is 4.74 Å². The number of hydrogen-bond acceptors (Lipinski definition) is 5. The summed E-state index contributed by atoms with van der Waals surface area (Å²) in [5.41, 5.74) is 2.75. The van der Waals surface area contributed by atoms with Crippen molar-refractivity contribution < 1.29 is 9.53 Å². The molecule has 1 N–H and O–H groups in total. The van der Waals surface area contributed by atoms with Crippen molar-refractivity contribution in [3.05, 3.63) is 34.3 Å². The van der Waals surface area contributed by atoms with E-state index in [2.05, 4.69) is 27.6 Å². The molecule has 0 atom stereocenters. The molecule has 21 heavy (non-hydrogen) atoms. The van der Waals surface area contributed by atoms with Crippen LogP contribution in [0.1, 0.15) is 29.0 Å². The second kappa shape index (κ2) is 6.22. The van der Waals surface area contributed by atoms with Crippen molar-refractivity contribution in [3.8, 4) is 5.75 Å². The van der Waals surface area contributed by atoms with Gasteiger partial charge in [-0.05, 0) is 55.9 Å². The van der Waals surface area contributed by atoms with E-state index in [4.69, 9.17) is 4.74 Å². The highest BCUT2D eigenvalue weighted by molar-refractivity contribution is 7.15. The number of carbonyl (C=O) groups excluding carboxylic acids is 1. The topological polar surface area (TPSA) is 64.1 Å². The molecule has 1 aliphatic rings. The Kier molecular flexibility index (Phi) is 4.15. The molecule has 0 radical (unpaired) electrons. The van der Waals surface area contributed by atoms with Gasteiger partial charge in [0.05, 0.1) is 0 Å². The van der Waals surface area contributed by atoms with Gasteiger partial charge in [0.25, 0.3) is 5.91 Å². The number of nitrogens with zero attached hydrogens (tertiary/aromatic N) is 2. The fraction of sp³-hybridized carbons (Fsp3) is 0.400. The number of aryl methyl sites for hydroxylation is 3. The zero-order valence-electron chi connectivity index (χ0n) is 11.9. The summed E-state index contributed by atoms with van der Waals surface area (Å²) in [7, 11) is 0. The summed E-state index contributed by atoms with van der Waals surface area (Å²) in [6, 6.07) is 6.10. The zero-order chi connectivity index (χ0) is 14.7. The first-order valence-corrected chi connectivity index (χ1v) is 7.87. The maximum atomic E-state index is 11.8. The zero-order valence-corrected chi connectivity index (χ0v) is 12.7. The van der Waals surface area contributed by atoms with Crippen LogP contribution in [0.25, 0.3) is 0 Å². The molecule has 2 aromatic rings. The number of fused-ring (bicyclic) bond motifs is 1. The largest absolute Gasteiger partial charge is 0.484 e. The van der Waals surface area contributed by atoms with Gasteiger partial charge in [-0.25, -0.2) is 0 Å². The molecular formula is C15H17N3O2S. The first-order valence-electron chi connectivity index (χ1n) is 7.05. The van der Waals surface area contributed by atoms with Crippen LogP contribution < -0.4 is 10.1 Å². The van der Waals surface area contributed by atoms with Gasteiger partial charge in [-0.15, -0.1) is 10.2 Å². The first-order chi connectivity index (χ1) is 10.2. The molecule has 1 aromatic heterocycles. The van der Waals surface area contributed by atoms with Gasteiger partial charge in [0, 0.05) is 0 Å². The molecule has 1 heterocycles. The van der Waals surface area contributed by atoms with Gasteiger partial charge >= 0.3 is 0 Å². The third-order valence-corrected chi connectivity index (χ3v) is 4.22. The summed E-state index contributed by atoms with van der Waals surface area (Å²) in [6.45, 7) is 1.83. The SMILES string of the molecule is Cc1nnc(NC(=O)COc2ccc3c(c2)CCCC3)s1. The summed E-state index contributed by atoms with van der Waals surface area (Å²) >= 11 is 1.35. The van der Waals surface area contributed by atoms with Gasteiger partial charge in [-0.2, -0.15) is 0 Å². The molecule has 110 valence electrons. The number of carbonyl (C=O) groups is 1. The monoisotopic (exact) mass is 303 g/mol.